The Bertz CT molecular complexity index is 771. The highest BCUT2D eigenvalue weighted by Gasteiger charge is 2.24. The molecule has 0 saturated heterocycles. The summed E-state index contributed by atoms with van der Waals surface area (Å²) in [6, 6.07) is 4.64. The van der Waals surface area contributed by atoms with E-state index < -0.39 is 11.9 Å². The van der Waals surface area contributed by atoms with Gasteiger partial charge in [0, 0.05) is 9.90 Å². The van der Waals surface area contributed by atoms with Crippen LogP contribution in [0.3, 0.4) is 0 Å². The predicted octanol–water partition coefficient (Wildman–Crippen LogP) is 4.96. The highest BCUT2D eigenvalue weighted by molar-refractivity contribution is 7.16. The van der Waals surface area contributed by atoms with Crippen LogP contribution in [-0.4, -0.2) is 19.0 Å². The molecule has 1 N–H and O–H groups in total. The number of nitrogens with one attached hydrogen (secondary N) is 1. The molecule has 0 aliphatic carbocycles. The van der Waals surface area contributed by atoms with Crippen molar-refractivity contribution >= 4 is 51.4 Å². The second-order valence-corrected chi connectivity index (χ2v) is 6.83. The van der Waals surface area contributed by atoms with E-state index >= 15 is 0 Å². The maximum Gasteiger partial charge on any atom is 0.341 e. The highest BCUT2D eigenvalue weighted by Crippen LogP contribution is 2.34. The zero-order chi connectivity index (χ0) is 17.1. The van der Waals surface area contributed by atoms with Crippen LogP contribution in [0.5, 0.6) is 0 Å². The van der Waals surface area contributed by atoms with Crippen LogP contribution in [0, 0.1) is 6.92 Å². The summed E-state index contributed by atoms with van der Waals surface area (Å²) in [7, 11) is 1.31. The van der Waals surface area contributed by atoms with Gasteiger partial charge in [-0.2, -0.15) is 0 Å². The second-order valence-electron chi connectivity index (χ2n) is 4.76. The average molecular weight is 372 g/mol. The Hall–Kier alpha value is -1.56. The second kappa shape index (κ2) is 7.34. The van der Waals surface area contributed by atoms with Gasteiger partial charge in [0.1, 0.15) is 5.00 Å². The van der Waals surface area contributed by atoms with Crippen molar-refractivity contribution in [2.45, 2.75) is 20.3 Å². The SMILES string of the molecule is CCc1c(C)sc(NC(=O)c2cc(Cl)ccc2Cl)c1C(=O)OC. The first-order chi connectivity index (χ1) is 10.9. The van der Waals surface area contributed by atoms with E-state index in [4.69, 9.17) is 27.9 Å². The molecule has 23 heavy (non-hydrogen) atoms. The molecule has 0 spiro atoms. The summed E-state index contributed by atoms with van der Waals surface area (Å²) >= 11 is 13.3. The summed E-state index contributed by atoms with van der Waals surface area (Å²) in [5.74, 6) is -0.898. The number of amides is 1. The molecule has 2 aromatic rings. The van der Waals surface area contributed by atoms with Gasteiger partial charge in [-0.1, -0.05) is 30.1 Å². The van der Waals surface area contributed by atoms with Crippen LogP contribution in [-0.2, 0) is 11.2 Å². The number of carbonyl (C=O) groups excluding carboxylic acids is 2. The van der Waals surface area contributed by atoms with Gasteiger partial charge in [-0.05, 0) is 37.1 Å². The molecule has 1 heterocycles. The summed E-state index contributed by atoms with van der Waals surface area (Å²) < 4.78 is 4.83. The van der Waals surface area contributed by atoms with E-state index in [0.29, 0.717) is 22.0 Å². The van der Waals surface area contributed by atoms with Crippen molar-refractivity contribution in [3.63, 3.8) is 0 Å². The van der Waals surface area contributed by atoms with Gasteiger partial charge in [-0.15, -0.1) is 11.3 Å². The number of halogens is 2. The molecule has 0 unspecified atom stereocenters. The van der Waals surface area contributed by atoms with Gasteiger partial charge in [0.25, 0.3) is 5.91 Å². The number of anilines is 1. The Labute approximate surface area is 148 Å². The molecule has 2 rings (SSSR count). The Morgan fingerprint density at radius 1 is 1.30 bits per heavy atom. The van der Waals surface area contributed by atoms with Crippen LogP contribution in [0.4, 0.5) is 5.00 Å². The largest absolute Gasteiger partial charge is 0.465 e. The van der Waals surface area contributed by atoms with Crippen LogP contribution in [0.25, 0.3) is 0 Å². The Kier molecular flexibility index (Phi) is 5.68. The zero-order valence-corrected chi connectivity index (χ0v) is 15.2. The van der Waals surface area contributed by atoms with Gasteiger partial charge < -0.3 is 10.1 Å². The number of ether oxygens (including phenoxy) is 1. The lowest BCUT2D eigenvalue weighted by atomic mass is 10.1. The molecule has 1 aromatic heterocycles. The molecule has 0 radical (unpaired) electrons. The predicted molar refractivity (Wildman–Crippen MR) is 94.2 cm³/mol. The number of hydrogen-bond donors (Lipinski definition) is 1. The number of carbonyl (C=O) groups is 2. The maximum absolute atomic E-state index is 12.5. The third-order valence-electron chi connectivity index (χ3n) is 3.35. The first-order valence-corrected chi connectivity index (χ1v) is 8.43. The van der Waals surface area contributed by atoms with Crippen molar-refractivity contribution in [1.82, 2.24) is 0 Å². The van der Waals surface area contributed by atoms with Crippen molar-refractivity contribution in [3.8, 4) is 0 Å². The normalized spacial score (nSPS) is 10.5. The summed E-state index contributed by atoms with van der Waals surface area (Å²) in [5, 5.41) is 3.89. The quantitative estimate of drug-likeness (QED) is 0.772. The minimum atomic E-state index is -0.473. The third-order valence-corrected chi connectivity index (χ3v) is 4.98. The van der Waals surface area contributed by atoms with Gasteiger partial charge in [-0.3, -0.25) is 4.79 Å². The van der Waals surface area contributed by atoms with Gasteiger partial charge in [0.2, 0.25) is 0 Å². The average Bonchev–Trinajstić information content (AvgIpc) is 2.83. The molecule has 0 aliphatic heterocycles. The van der Waals surface area contributed by atoms with Crippen molar-refractivity contribution < 1.29 is 14.3 Å². The fourth-order valence-corrected chi connectivity index (χ4v) is 3.76. The molecule has 1 aromatic carbocycles. The van der Waals surface area contributed by atoms with Gasteiger partial charge in [-0.25, -0.2) is 4.79 Å². The maximum atomic E-state index is 12.5. The molecule has 0 saturated carbocycles. The molecular weight excluding hydrogens is 357 g/mol. The van der Waals surface area contributed by atoms with Gasteiger partial charge in [0.05, 0.1) is 23.3 Å². The van der Waals surface area contributed by atoms with Crippen LogP contribution in [0.15, 0.2) is 18.2 Å². The molecule has 4 nitrogen and oxygen atoms in total. The molecule has 7 heteroatoms. The van der Waals surface area contributed by atoms with Crippen molar-refractivity contribution in [1.29, 1.82) is 0 Å². The van der Waals surface area contributed by atoms with E-state index in [9.17, 15) is 9.59 Å². The van der Waals surface area contributed by atoms with Crippen molar-refractivity contribution in [2.24, 2.45) is 0 Å². The van der Waals surface area contributed by atoms with Gasteiger partial charge >= 0.3 is 5.97 Å². The van der Waals surface area contributed by atoms with Gasteiger partial charge in [0.15, 0.2) is 0 Å². The topological polar surface area (TPSA) is 55.4 Å². The van der Waals surface area contributed by atoms with Crippen LogP contribution in [0.2, 0.25) is 10.0 Å². The van der Waals surface area contributed by atoms with E-state index in [2.05, 4.69) is 5.32 Å². The molecule has 122 valence electrons. The number of thiophene rings is 1. The lowest BCUT2D eigenvalue weighted by Crippen LogP contribution is -2.15. The summed E-state index contributed by atoms with van der Waals surface area (Å²) in [5.41, 5.74) is 1.51. The number of esters is 1. The first-order valence-electron chi connectivity index (χ1n) is 6.86. The van der Waals surface area contributed by atoms with Crippen molar-refractivity contribution in [3.05, 3.63) is 49.8 Å². The number of hydrogen-bond acceptors (Lipinski definition) is 4. The lowest BCUT2D eigenvalue weighted by molar-refractivity contribution is 0.0601. The molecular formula is C16H15Cl2NO3S. The van der Waals surface area contributed by atoms with E-state index in [1.807, 2.05) is 13.8 Å². The monoisotopic (exact) mass is 371 g/mol. The molecule has 0 atom stereocenters. The van der Waals surface area contributed by atoms with E-state index in [0.717, 1.165) is 10.4 Å². The van der Waals surface area contributed by atoms with Crippen LogP contribution < -0.4 is 5.32 Å². The smallest absolute Gasteiger partial charge is 0.341 e. The fourth-order valence-electron chi connectivity index (χ4n) is 2.25. The number of rotatable bonds is 4. The Morgan fingerprint density at radius 3 is 2.61 bits per heavy atom. The molecule has 0 bridgehead atoms. The summed E-state index contributed by atoms with van der Waals surface area (Å²) in [6.45, 7) is 3.85. The summed E-state index contributed by atoms with van der Waals surface area (Å²) in [4.78, 5) is 25.5. The summed E-state index contributed by atoms with van der Waals surface area (Å²) in [6.07, 6.45) is 0.667. The highest BCUT2D eigenvalue weighted by atomic mass is 35.5. The third kappa shape index (κ3) is 3.68. The van der Waals surface area contributed by atoms with E-state index in [1.54, 1.807) is 12.1 Å². The number of aryl methyl sites for hydroxylation is 1. The standard InChI is InChI=1S/C16H15Cl2NO3S/c1-4-10-8(2)23-15(13(10)16(21)22-3)19-14(20)11-7-9(17)5-6-12(11)18/h5-7H,4H2,1-3H3,(H,19,20). The fraction of sp³-hybridized carbons (Fsp3) is 0.250. The van der Waals surface area contributed by atoms with E-state index in [-0.39, 0.29) is 10.6 Å². The van der Waals surface area contributed by atoms with Crippen LogP contribution >= 0.6 is 34.5 Å². The van der Waals surface area contributed by atoms with Crippen LogP contribution in [0.1, 0.15) is 38.1 Å². The van der Waals surface area contributed by atoms with E-state index in [1.165, 1.54) is 24.5 Å². The molecule has 0 aliphatic rings. The lowest BCUT2D eigenvalue weighted by Gasteiger charge is -2.08. The zero-order valence-electron chi connectivity index (χ0n) is 12.8. The molecule has 1 amide bonds. The first kappa shape index (κ1) is 17.8. The Morgan fingerprint density at radius 2 is 2.00 bits per heavy atom. The minimum Gasteiger partial charge on any atom is -0.465 e. The minimum absolute atomic E-state index is 0.249. The Balaban J connectivity index is 2.42. The molecule has 0 fully saturated rings. The van der Waals surface area contributed by atoms with Crippen molar-refractivity contribution in [2.75, 3.05) is 12.4 Å². The number of benzene rings is 1. The number of methoxy groups -OCH3 is 1.